The van der Waals surface area contributed by atoms with Gasteiger partial charge in [-0.2, -0.15) is 0 Å². The molecule has 0 radical (unpaired) electrons. The van der Waals surface area contributed by atoms with E-state index in [1.807, 2.05) is 6.92 Å². The Morgan fingerprint density at radius 3 is 2.55 bits per heavy atom. The summed E-state index contributed by atoms with van der Waals surface area (Å²) in [7, 11) is 1.20. The zero-order valence-corrected chi connectivity index (χ0v) is 12.3. The van der Waals surface area contributed by atoms with E-state index in [9.17, 15) is 9.59 Å². The van der Waals surface area contributed by atoms with Crippen molar-refractivity contribution in [2.24, 2.45) is 0 Å². The third-order valence-electron chi connectivity index (χ3n) is 2.45. The van der Waals surface area contributed by atoms with Crippen molar-refractivity contribution in [1.82, 2.24) is 0 Å². The molecule has 0 spiro atoms. The number of halogens is 1. The van der Waals surface area contributed by atoms with Crippen molar-refractivity contribution in [3.05, 3.63) is 40.9 Å². The van der Waals surface area contributed by atoms with Crippen LogP contribution in [0.3, 0.4) is 0 Å². The minimum absolute atomic E-state index is 0.363. The van der Waals surface area contributed by atoms with Gasteiger partial charge < -0.3 is 9.47 Å². The van der Waals surface area contributed by atoms with Crippen molar-refractivity contribution >= 4 is 29.4 Å². The maximum Gasteiger partial charge on any atom is 0.412 e. The van der Waals surface area contributed by atoms with E-state index < -0.39 is 18.2 Å². The second-order valence-corrected chi connectivity index (χ2v) is 4.67. The molecule has 1 amide bonds. The number of ether oxygens (including phenoxy) is 2. The summed E-state index contributed by atoms with van der Waals surface area (Å²) in [4.78, 5) is 23.2. The first-order valence-corrected chi connectivity index (χ1v) is 6.20. The molecule has 108 valence electrons. The number of hydrogen-bond donors (Lipinski definition) is 1. The van der Waals surface area contributed by atoms with Crippen LogP contribution in [-0.4, -0.2) is 25.3 Å². The van der Waals surface area contributed by atoms with E-state index in [0.717, 1.165) is 5.56 Å². The van der Waals surface area contributed by atoms with Crippen molar-refractivity contribution in [2.45, 2.75) is 20.0 Å². The number of hydrogen-bond acceptors (Lipinski definition) is 4. The van der Waals surface area contributed by atoms with E-state index in [1.54, 1.807) is 25.1 Å². The molecule has 1 aromatic carbocycles. The molecule has 0 saturated carbocycles. The quantitative estimate of drug-likeness (QED) is 0.684. The molecule has 1 aromatic rings. The van der Waals surface area contributed by atoms with Gasteiger partial charge in [-0.1, -0.05) is 24.2 Å². The van der Waals surface area contributed by atoms with Gasteiger partial charge in [0.05, 0.1) is 17.8 Å². The predicted octanol–water partition coefficient (Wildman–Crippen LogP) is 3.31. The molecular formula is C14H16ClNO4. The Morgan fingerprint density at radius 1 is 1.40 bits per heavy atom. The second kappa shape index (κ2) is 6.96. The highest BCUT2D eigenvalue weighted by molar-refractivity contribution is 6.33. The smallest absolute Gasteiger partial charge is 0.412 e. The fourth-order valence-corrected chi connectivity index (χ4v) is 1.71. The highest BCUT2D eigenvalue weighted by atomic mass is 35.5. The van der Waals surface area contributed by atoms with Crippen LogP contribution in [0.5, 0.6) is 0 Å². The van der Waals surface area contributed by atoms with Gasteiger partial charge in [-0.25, -0.2) is 9.59 Å². The number of amides is 1. The van der Waals surface area contributed by atoms with Gasteiger partial charge in [-0.15, -0.1) is 0 Å². The molecule has 1 rings (SSSR count). The van der Waals surface area contributed by atoms with Crippen LogP contribution in [0.15, 0.2) is 30.4 Å². The lowest BCUT2D eigenvalue weighted by molar-refractivity contribution is -0.148. The average Bonchev–Trinajstić information content (AvgIpc) is 2.38. The summed E-state index contributed by atoms with van der Waals surface area (Å²) in [6, 6.07) is 5.14. The lowest BCUT2D eigenvalue weighted by Gasteiger charge is -2.16. The van der Waals surface area contributed by atoms with Crippen LogP contribution in [0.25, 0.3) is 0 Å². The number of nitrogens with one attached hydrogen (secondary N) is 1. The largest absolute Gasteiger partial charge is 0.466 e. The minimum atomic E-state index is -1.15. The van der Waals surface area contributed by atoms with Gasteiger partial charge in [0.1, 0.15) is 0 Å². The summed E-state index contributed by atoms with van der Waals surface area (Å²) in [5.74, 6) is -0.692. The third kappa shape index (κ3) is 4.28. The van der Waals surface area contributed by atoms with Crippen LogP contribution in [0.1, 0.15) is 12.5 Å². The predicted molar refractivity (Wildman–Crippen MR) is 76.9 cm³/mol. The number of aryl methyl sites for hydroxylation is 1. The van der Waals surface area contributed by atoms with Gasteiger partial charge in [0.15, 0.2) is 0 Å². The fourth-order valence-electron chi connectivity index (χ4n) is 1.42. The van der Waals surface area contributed by atoms with Gasteiger partial charge in [0.25, 0.3) is 0 Å². The van der Waals surface area contributed by atoms with Crippen LogP contribution < -0.4 is 5.32 Å². The van der Waals surface area contributed by atoms with Crippen LogP contribution in [-0.2, 0) is 14.3 Å². The molecule has 0 aromatic heterocycles. The summed E-state index contributed by atoms with van der Waals surface area (Å²) < 4.78 is 9.50. The Balaban J connectivity index is 2.75. The molecule has 0 heterocycles. The first-order chi connectivity index (χ1) is 9.35. The zero-order valence-electron chi connectivity index (χ0n) is 11.5. The van der Waals surface area contributed by atoms with Crippen molar-refractivity contribution in [2.75, 3.05) is 12.4 Å². The fraction of sp³-hybridized carbons (Fsp3) is 0.286. The van der Waals surface area contributed by atoms with Crippen LogP contribution in [0.4, 0.5) is 10.5 Å². The van der Waals surface area contributed by atoms with Gasteiger partial charge in [0, 0.05) is 0 Å². The van der Waals surface area contributed by atoms with E-state index in [4.69, 9.17) is 16.3 Å². The standard InChI is InChI=1S/C14H16ClNO4/c1-8(2)12(13(17)19-4)20-14(18)16-11-6-5-9(3)7-10(11)15/h5-7,12H,1H2,2-4H3,(H,16,18). The van der Waals surface area contributed by atoms with E-state index in [0.29, 0.717) is 16.3 Å². The summed E-state index contributed by atoms with van der Waals surface area (Å²) in [6.45, 7) is 7.02. The summed E-state index contributed by atoms with van der Waals surface area (Å²) in [5.41, 5.74) is 1.72. The normalized spacial score (nSPS) is 11.4. The van der Waals surface area contributed by atoms with E-state index >= 15 is 0 Å². The Bertz CT molecular complexity index is 542. The van der Waals surface area contributed by atoms with E-state index in [-0.39, 0.29) is 0 Å². The van der Waals surface area contributed by atoms with Crippen molar-refractivity contribution in [1.29, 1.82) is 0 Å². The molecule has 1 atom stereocenters. The Morgan fingerprint density at radius 2 is 2.05 bits per heavy atom. The lowest BCUT2D eigenvalue weighted by atomic mass is 10.2. The molecule has 0 aliphatic carbocycles. The van der Waals surface area contributed by atoms with E-state index in [2.05, 4.69) is 16.6 Å². The maximum atomic E-state index is 11.7. The maximum absolute atomic E-state index is 11.7. The average molecular weight is 298 g/mol. The number of methoxy groups -OCH3 is 1. The highest BCUT2D eigenvalue weighted by Crippen LogP contribution is 2.23. The molecule has 0 fully saturated rings. The van der Waals surface area contributed by atoms with Gasteiger partial charge in [-0.3, -0.25) is 5.32 Å². The Labute approximate surface area is 122 Å². The number of esters is 1. The van der Waals surface area contributed by atoms with Crippen molar-refractivity contribution in [3.8, 4) is 0 Å². The summed E-state index contributed by atoms with van der Waals surface area (Å²) in [5, 5.41) is 2.84. The van der Waals surface area contributed by atoms with Crippen molar-refractivity contribution < 1.29 is 19.1 Å². The Kier molecular flexibility index (Phi) is 5.58. The summed E-state index contributed by atoms with van der Waals surface area (Å²) in [6.07, 6.45) is -1.96. The monoisotopic (exact) mass is 297 g/mol. The molecule has 6 heteroatoms. The van der Waals surface area contributed by atoms with Gasteiger partial charge in [0.2, 0.25) is 6.10 Å². The number of carbonyl (C=O) groups excluding carboxylic acids is 2. The molecule has 5 nitrogen and oxygen atoms in total. The molecule has 1 N–H and O–H groups in total. The molecule has 0 aliphatic rings. The molecule has 0 bridgehead atoms. The molecule has 0 aliphatic heterocycles. The number of carbonyl (C=O) groups is 2. The molecule has 0 saturated heterocycles. The molecule has 20 heavy (non-hydrogen) atoms. The molecule has 1 unspecified atom stereocenters. The zero-order chi connectivity index (χ0) is 15.3. The Hall–Kier alpha value is -2.01. The van der Waals surface area contributed by atoms with Gasteiger partial charge in [-0.05, 0) is 37.1 Å². The van der Waals surface area contributed by atoms with Crippen LogP contribution in [0, 0.1) is 6.92 Å². The second-order valence-electron chi connectivity index (χ2n) is 4.26. The number of rotatable bonds is 4. The van der Waals surface area contributed by atoms with E-state index in [1.165, 1.54) is 7.11 Å². The summed E-state index contributed by atoms with van der Waals surface area (Å²) >= 11 is 5.98. The van der Waals surface area contributed by atoms with Gasteiger partial charge >= 0.3 is 12.1 Å². The number of anilines is 1. The highest BCUT2D eigenvalue weighted by Gasteiger charge is 2.24. The molecular weight excluding hydrogens is 282 g/mol. The lowest BCUT2D eigenvalue weighted by Crippen LogP contribution is -2.31. The van der Waals surface area contributed by atoms with Crippen LogP contribution >= 0.6 is 11.6 Å². The first kappa shape index (κ1) is 16.0. The topological polar surface area (TPSA) is 64.6 Å². The minimum Gasteiger partial charge on any atom is -0.466 e. The third-order valence-corrected chi connectivity index (χ3v) is 2.76. The van der Waals surface area contributed by atoms with Crippen LogP contribution in [0.2, 0.25) is 5.02 Å². The first-order valence-electron chi connectivity index (χ1n) is 5.82. The number of benzene rings is 1. The van der Waals surface area contributed by atoms with Crippen molar-refractivity contribution in [3.63, 3.8) is 0 Å². The SMILES string of the molecule is C=C(C)C(OC(=O)Nc1ccc(C)cc1Cl)C(=O)OC.